The number of nitrogens with one attached hydrogen (secondary N) is 1. The molecule has 0 spiro atoms. The standard InChI is InChI=1S/C21H27ClN2O3S/c1-14(2)17(5)23-21(25)13-24(19-9-6-15(3)16(4)12-19)28(26,27)20-10-7-18(22)8-11-20/h6-12,14,17H,13H2,1-5H3,(H,23,25). The van der Waals surface area contributed by atoms with Crippen LogP contribution in [0.15, 0.2) is 47.4 Å². The highest BCUT2D eigenvalue weighted by Crippen LogP contribution is 2.26. The number of sulfonamides is 1. The Labute approximate surface area is 172 Å². The van der Waals surface area contributed by atoms with Gasteiger partial charge in [-0.2, -0.15) is 0 Å². The number of anilines is 1. The van der Waals surface area contributed by atoms with E-state index >= 15 is 0 Å². The van der Waals surface area contributed by atoms with Crippen molar-refractivity contribution in [1.29, 1.82) is 0 Å². The van der Waals surface area contributed by atoms with E-state index in [-0.39, 0.29) is 29.3 Å². The Bertz CT molecular complexity index is 941. The largest absolute Gasteiger partial charge is 0.352 e. The smallest absolute Gasteiger partial charge is 0.264 e. The Morgan fingerprint density at radius 3 is 2.18 bits per heavy atom. The summed E-state index contributed by atoms with van der Waals surface area (Å²) in [5, 5.41) is 3.32. The van der Waals surface area contributed by atoms with Gasteiger partial charge in [0.2, 0.25) is 5.91 Å². The van der Waals surface area contributed by atoms with Crippen molar-refractivity contribution in [3.63, 3.8) is 0 Å². The van der Waals surface area contributed by atoms with Crippen molar-refractivity contribution in [2.24, 2.45) is 5.92 Å². The lowest BCUT2D eigenvalue weighted by atomic mass is 10.1. The van der Waals surface area contributed by atoms with Crippen LogP contribution in [0.25, 0.3) is 0 Å². The maximum atomic E-state index is 13.3. The fourth-order valence-corrected chi connectivity index (χ4v) is 4.07. The molecule has 0 aromatic heterocycles. The van der Waals surface area contributed by atoms with Crippen molar-refractivity contribution in [3.05, 3.63) is 58.6 Å². The number of carbonyl (C=O) groups excluding carboxylic acids is 1. The van der Waals surface area contributed by atoms with Crippen LogP contribution in [0.3, 0.4) is 0 Å². The number of benzene rings is 2. The minimum Gasteiger partial charge on any atom is -0.352 e. The van der Waals surface area contributed by atoms with Crippen molar-refractivity contribution in [2.45, 2.75) is 45.6 Å². The minimum atomic E-state index is -3.94. The van der Waals surface area contributed by atoms with Crippen LogP contribution >= 0.6 is 11.6 Å². The zero-order chi connectivity index (χ0) is 21.1. The first-order chi connectivity index (χ1) is 13.0. The summed E-state index contributed by atoms with van der Waals surface area (Å²) in [4.78, 5) is 12.7. The third-order valence-corrected chi connectivity index (χ3v) is 6.90. The van der Waals surface area contributed by atoms with Crippen molar-refractivity contribution in [1.82, 2.24) is 5.32 Å². The van der Waals surface area contributed by atoms with Crippen LogP contribution in [0.4, 0.5) is 5.69 Å². The van der Waals surface area contributed by atoms with E-state index in [1.807, 2.05) is 40.7 Å². The molecule has 5 nitrogen and oxygen atoms in total. The van der Waals surface area contributed by atoms with E-state index in [9.17, 15) is 13.2 Å². The fourth-order valence-electron chi connectivity index (χ4n) is 2.53. The summed E-state index contributed by atoms with van der Waals surface area (Å²) in [6.45, 7) is 9.45. The highest BCUT2D eigenvalue weighted by molar-refractivity contribution is 7.92. The minimum absolute atomic E-state index is 0.0626. The quantitative estimate of drug-likeness (QED) is 0.722. The first kappa shape index (κ1) is 22.2. The summed E-state index contributed by atoms with van der Waals surface area (Å²) in [6.07, 6.45) is 0. The normalized spacial score (nSPS) is 12.7. The maximum Gasteiger partial charge on any atom is 0.264 e. The van der Waals surface area contributed by atoms with Gasteiger partial charge in [-0.15, -0.1) is 0 Å². The SMILES string of the molecule is Cc1ccc(N(CC(=O)NC(C)C(C)C)S(=O)(=O)c2ccc(Cl)cc2)cc1C. The monoisotopic (exact) mass is 422 g/mol. The number of aryl methyl sites for hydroxylation is 2. The Morgan fingerprint density at radius 2 is 1.64 bits per heavy atom. The second-order valence-corrected chi connectivity index (χ2v) is 9.63. The summed E-state index contributed by atoms with van der Waals surface area (Å²) in [5.74, 6) is -0.108. The average molecular weight is 423 g/mol. The van der Waals surface area contributed by atoms with Crippen LogP contribution in [-0.2, 0) is 14.8 Å². The first-order valence-corrected chi connectivity index (χ1v) is 11.0. The van der Waals surface area contributed by atoms with E-state index < -0.39 is 10.0 Å². The van der Waals surface area contributed by atoms with Crippen molar-refractivity contribution < 1.29 is 13.2 Å². The van der Waals surface area contributed by atoms with E-state index in [4.69, 9.17) is 11.6 Å². The lowest BCUT2D eigenvalue weighted by Crippen LogP contribution is -2.45. The highest BCUT2D eigenvalue weighted by atomic mass is 35.5. The molecule has 2 aromatic carbocycles. The molecule has 0 bridgehead atoms. The van der Waals surface area contributed by atoms with Gasteiger partial charge in [0.15, 0.2) is 0 Å². The Morgan fingerprint density at radius 1 is 1.04 bits per heavy atom. The number of hydrogen-bond donors (Lipinski definition) is 1. The molecular weight excluding hydrogens is 396 g/mol. The van der Waals surface area contributed by atoms with Crippen molar-refractivity contribution in [3.8, 4) is 0 Å². The zero-order valence-corrected chi connectivity index (χ0v) is 18.4. The summed E-state index contributed by atoms with van der Waals surface area (Å²) in [5.41, 5.74) is 2.45. The summed E-state index contributed by atoms with van der Waals surface area (Å²) < 4.78 is 27.7. The fraction of sp³-hybridized carbons (Fsp3) is 0.381. The van der Waals surface area contributed by atoms with Gasteiger partial charge in [-0.1, -0.05) is 31.5 Å². The second-order valence-electron chi connectivity index (χ2n) is 7.33. The number of amides is 1. The van der Waals surface area contributed by atoms with Crippen molar-refractivity contribution >= 4 is 33.2 Å². The van der Waals surface area contributed by atoms with Gasteiger partial charge in [0.25, 0.3) is 10.0 Å². The summed E-state index contributed by atoms with van der Waals surface area (Å²) in [7, 11) is -3.94. The van der Waals surface area contributed by atoms with E-state index in [1.54, 1.807) is 12.1 Å². The van der Waals surface area contributed by atoms with E-state index in [1.165, 1.54) is 24.3 Å². The molecule has 0 heterocycles. The predicted octanol–water partition coefficient (Wildman–Crippen LogP) is 4.31. The lowest BCUT2D eigenvalue weighted by Gasteiger charge is -2.26. The number of nitrogens with zero attached hydrogens (tertiary/aromatic N) is 1. The van der Waals surface area contributed by atoms with Gasteiger partial charge in [-0.05, 0) is 74.2 Å². The Balaban J connectivity index is 2.44. The average Bonchev–Trinajstić information content (AvgIpc) is 2.62. The van der Waals surface area contributed by atoms with Crippen LogP contribution < -0.4 is 9.62 Å². The molecule has 0 aliphatic rings. The highest BCUT2D eigenvalue weighted by Gasteiger charge is 2.28. The van der Waals surface area contributed by atoms with Gasteiger partial charge in [-0.25, -0.2) is 8.42 Å². The van der Waals surface area contributed by atoms with Crippen LogP contribution in [0, 0.1) is 19.8 Å². The topological polar surface area (TPSA) is 66.5 Å². The predicted molar refractivity (Wildman–Crippen MR) is 114 cm³/mol. The molecule has 0 aliphatic heterocycles. The molecule has 28 heavy (non-hydrogen) atoms. The van der Waals surface area contributed by atoms with Crippen LogP contribution in [0.1, 0.15) is 31.9 Å². The van der Waals surface area contributed by atoms with Gasteiger partial charge in [-0.3, -0.25) is 9.10 Å². The van der Waals surface area contributed by atoms with Crippen molar-refractivity contribution in [2.75, 3.05) is 10.8 Å². The maximum absolute atomic E-state index is 13.3. The first-order valence-electron chi connectivity index (χ1n) is 9.17. The Hall–Kier alpha value is -2.05. The molecule has 2 aromatic rings. The molecule has 152 valence electrons. The molecule has 7 heteroatoms. The van der Waals surface area contributed by atoms with Gasteiger partial charge in [0.05, 0.1) is 10.6 Å². The molecule has 1 atom stereocenters. The molecule has 0 fully saturated rings. The third kappa shape index (κ3) is 5.26. The molecule has 2 rings (SSSR count). The van der Waals surface area contributed by atoms with E-state index in [0.717, 1.165) is 15.4 Å². The number of hydrogen-bond acceptors (Lipinski definition) is 3. The number of rotatable bonds is 7. The molecule has 0 saturated heterocycles. The molecule has 1 amide bonds. The molecule has 0 radical (unpaired) electrons. The van der Waals surface area contributed by atoms with E-state index in [0.29, 0.717) is 10.7 Å². The molecule has 1 N–H and O–H groups in total. The van der Waals surface area contributed by atoms with Gasteiger partial charge < -0.3 is 5.32 Å². The number of carbonyl (C=O) groups is 1. The lowest BCUT2D eigenvalue weighted by molar-refractivity contribution is -0.120. The van der Waals surface area contributed by atoms with E-state index in [2.05, 4.69) is 5.32 Å². The summed E-state index contributed by atoms with van der Waals surface area (Å²) >= 11 is 5.90. The van der Waals surface area contributed by atoms with Crippen LogP contribution in [-0.4, -0.2) is 26.9 Å². The molecule has 0 saturated carbocycles. The third-order valence-electron chi connectivity index (χ3n) is 4.86. The number of halogens is 1. The molecular formula is C21H27ClN2O3S. The molecule has 1 unspecified atom stereocenters. The molecule has 0 aliphatic carbocycles. The summed E-state index contributed by atoms with van der Waals surface area (Å²) in [6, 6.07) is 11.2. The van der Waals surface area contributed by atoms with Gasteiger partial charge in [0.1, 0.15) is 6.54 Å². The zero-order valence-electron chi connectivity index (χ0n) is 16.9. The van der Waals surface area contributed by atoms with Gasteiger partial charge in [0, 0.05) is 11.1 Å². The Kier molecular flexibility index (Phi) is 7.12. The second kappa shape index (κ2) is 8.97. The van der Waals surface area contributed by atoms with Crippen LogP contribution in [0.5, 0.6) is 0 Å². The van der Waals surface area contributed by atoms with Gasteiger partial charge >= 0.3 is 0 Å². The van der Waals surface area contributed by atoms with Crippen LogP contribution in [0.2, 0.25) is 5.02 Å².